The van der Waals surface area contributed by atoms with Gasteiger partial charge in [0.1, 0.15) is 0 Å². The molecular weight excluding hydrogens is 304 g/mol. The first-order valence-electron chi connectivity index (χ1n) is 8.57. The van der Waals surface area contributed by atoms with Gasteiger partial charge in [0.25, 0.3) is 5.92 Å². The van der Waals surface area contributed by atoms with E-state index in [-0.39, 0.29) is 17.9 Å². The van der Waals surface area contributed by atoms with Gasteiger partial charge in [0, 0.05) is 18.2 Å². The standard InChI is InChI=1S/C21H25F2N/c1-20(2,3)16-11-9-15(10-12-16)19-18(13-14-21(19,22)23)24-17-7-5-4-6-8-17/h4-12,18-19,24H,13-14H2,1-3H3/t18-,19-/m0/s1. The van der Waals surface area contributed by atoms with Crippen LogP contribution in [-0.2, 0) is 5.41 Å². The van der Waals surface area contributed by atoms with E-state index in [0.717, 1.165) is 11.3 Å². The maximum absolute atomic E-state index is 14.5. The maximum atomic E-state index is 14.5. The van der Waals surface area contributed by atoms with Gasteiger partial charge in [-0.25, -0.2) is 8.78 Å². The van der Waals surface area contributed by atoms with Gasteiger partial charge in [-0.3, -0.25) is 0 Å². The fourth-order valence-corrected chi connectivity index (χ4v) is 3.54. The van der Waals surface area contributed by atoms with Crippen molar-refractivity contribution in [3.63, 3.8) is 0 Å². The van der Waals surface area contributed by atoms with E-state index in [2.05, 4.69) is 26.1 Å². The van der Waals surface area contributed by atoms with Crippen molar-refractivity contribution >= 4 is 5.69 Å². The molecule has 2 atom stereocenters. The molecule has 1 aliphatic rings. The Kier molecular flexibility index (Phi) is 4.37. The Morgan fingerprint density at radius 1 is 0.958 bits per heavy atom. The summed E-state index contributed by atoms with van der Waals surface area (Å²) in [5.41, 5.74) is 2.81. The molecule has 0 aromatic heterocycles. The molecule has 24 heavy (non-hydrogen) atoms. The Hall–Kier alpha value is -1.90. The molecule has 0 saturated heterocycles. The van der Waals surface area contributed by atoms with Crippen LogP contribution in [0.4, 0.5) is 14.5 Å². The summed E-state index contributed by atoms with van der Waals surface area (Å²) in [4.78, 5) is 0. The van der Waals surface area contributed by atoms with Crippen LogP contribution in [0.5, 0.6) is 0 Å². The minimum absolute atomic E-state index is 0.0262. The zero-order chi connectivity index (χ0) is 17.4. The summed E-state index contributed by atoms with van der Waals surface area (Å²) in [5, 5.41) is 3.31. The van der Waals surface area contributed by atoms with Crippen molar-refractivity contribution in [2.24, 2.45) is 0 Å². The first-order chi connectivity index (χ1) is 11.3. The zero-order valence-electron chi connectivity index (χ0n) is 14.5. The summed E-state index contributed by atoms with van der Waals surface area (Å²) in [5.74, 6) is -3.46. The van der Waals surface area contributed by atoms with Gasteiger partial charge in [0.2, 0.25) is 0 Å². The SMILES string of the molecule is CC(C)(C)c1ccc([C@H]2[C@@H](Nc3ccccc3)CCC2(F)F)cc1. The number of rotatable bonds is 3. The zero-order valence-corrected chi connectivity index (χ0v) is 14.5. The molecule has 1 fully saturated rings. The van der Waals surface area contributed by atoms with Gasteiger partial charge in [0.05, 0.1) is 5.92 Å². The molecule has 1 N–H and O–H groups in total. The molecule has 0 spiro atoms. The molecule has 3 heteroatoms. The molecule has 2 aromatic carbocycles. The van der Waals surface area contributed by atoms with Crippen molar-refractivity contribution in [1.82, 2.24) is 0 Å². The largest absolute Gasteiger partial charge is 0.381 e. The lowest BCUT2D eigenvalue weighted by Gasteiger charge is -2.27. The van der Waals surface area contributed by atoms with Crippen LogP contribution in [0.3, 0.4) is 0 Å². The third-order valence-corrected chi connectivity index (χ3v) is 4.91. The van der Waals surface area contributed by atoms with Crippen LogP contribution < -0.4 is 5.32 Å². The van der Waals surface area contributed by atoms with Crippen molar-refractivity contribution in [3.05, 3.63) is 65.7 Å². The summed E-state index contributed by atoms with van der Waals surface area (Å²) >= 11 is 0. The molecule has 1 nitrogen and oxygen atoms in total. The van der Waals surface area contributed by atoms with E-state index in [1.807, 2.05) is 54.6 Å². The van der Waals surface area contributed by atoms with Crippen molar-refractivity contribution in [1.29, 1.82) is 0 Å². The first-order valence-corrected chi connectivity index (χ1v) is 8.57. The van der Waals surface area contributed by atoms with Gasteiger partial charge >= 0.3 is 0 Å². The van der Waals surface area contributed by atoms with E-state index in [1.54, 1.807) is 0 Å². The van der Waals surface area contributed by atoms with E-state index < -0.39 is 11.8 Å². The summed E-state index contributed by atoms with van der Waals surface area (Å²) < 4.78 is 29.1. The second-order valence-corrected chi connectivity index (χ2v) is 7.77. The lowest BCUT2D eigenvalue weighted by atomic mass is 9.84. The van der Waals surface area contributed by atoms with Crippen LogP contribution in [0.25, 0.3) is 0 Å². The normalized spacial score (nSPS) is 23.2. The van der Waals surface area contributed by atoms with Crippen LogP contribution >= 0.6 is 0 Å². The highest BCUT2D eigenvalue weighted by atomic mass is 19.3. The van der Waals surface area contributed by atoms with Crippen LogP contribution in [0.15, 0.2) is 54.6 Å². The van der Waals surface area contributed by atoms with Crippen LogP contribution in [0.1, 0.15) is 50.7 Å². The minimum Gasteiger partial charge on any atom is -0.381 e. The van der Waals surface area contributed by atoms with Crippen LogP contribution in [-0.4, -0.2) is 12.0 Å². The van der Waals surface area contributed by atoms with E-state index >= 15 is 0 Å². The quantitative estimate of drug-likeness (QED) is 0.730. The lowest BCUT2D eigenvalue weighted by Crippen LogP contribution is -2.31. The number of nitrogens with one attached hydrogen (secondary N) is 1. The van der Waals surface area contributed by atoms with Crippen molar-refractivity contribution < 1.29 is 8.78 Å². The molecule has 0 heterocycles. The topological polar surface area (TPSA) is 12.0 Å². The molecule has 0 aliphatic heterocycles. The smallest absolute Gasteiger partial charge is 0.256 e. The molecule has 128 valence electrons. The lowest BCUT2D eigenvalue weighted by molar-refractivity contribution is -0.0101. The Labute approximate surface area is 143 Å². The summed E-state index contributed by atoms with van der Waals surface area (Å²) in [6.07, 6.45) is 0.413. The third-order valence-electron chi connectivity index (χ3n) is 4.91. The summed E-state index contributed by atoms with van der Waals surface area (Å²) in [6.45, 7) is 6.39. The highest BCUT2D eigenvalue weighted by Gasteiger charge is 2.50. The predicted molar refractivity (Wildman–Crippen MR) is 95.9 cm³/mol. The van der Waals surface area contributed by atoms with E-state index in [0.29, 0.717) is 6.42 Å². The molecule has 1 aliphatic carbocycles. The highest BCUT2D eigenvalue weighted by Crippen LogP contribution is 2.48. The monoisotopic (exact) mass is 329 g/mol. The highest BCUT2D eigenvalue weighted by molar-refractivity contribution is 5.45. The predicted octanol–water partition coefficient (Wildman–Crippen LogP) is 5.98. The minimum atomic E-state index is -2.67. The van der Waals surface area contributed by atoms with E-state index in [4.69, 9.17) is 0 Å². The van der Waals surface area contributed by atoms with E-state index in [9.17, 15) is 8.78 Å². The number of anilines is 1. The number of hydrogen-bond donors (Lipinski definition) is 1. The average molecular weight is 329 g/mol. The molecule has 1 saturated carbocycles. The van der Waals surface area contributed by atoms with Crippen LogP contribution in [0.2, 0.25) is 0 Å². The molecule has 0 amide bonds. The molecule has 0 unspecified atom stereocenters. The van der Waals surface area contributed by atoms with Crippen molar-refractivity contribution in [3.8, 4) is 0 Å². The molecule has 3 rings (SSSR count). The number of para-hydroxylation sites is 1. The molecule has 0 bridgehead atoms. The summed E-state index contributed by atoms with van der Waals surface area (Å²) in [7, 11) is 0. The number of alkyl halides is 2. The fourth-order valence-electron chi connectivity index (χ4n) is 3.54. The van der Waals surface area contributed by atoms with Crippen molar-refractivity contribution in [2.75, 3.05) is 5.32 Å². The molecular formula is C21H25F2N. The fraction of sp³-hybridized carbons (Fsp3) is 0.429. The van der Waals surface area contributed by atoms with E-state index in [1.165, 1.54) is 5.56 Å². The number of benzene rings is 2. The molecule has 2 aromatic rings. The second kappa shape index (κ2) is 6.19. The number of halogens is 2. The van der Waals surface area contributed by atoms with Gasteiger partial charge in [-0.15, -0.1) is 0 Å². The van der Waals surface area contributed by atoms with Crippen molar-refractivity contribution in [2.45, 2.75) is 56.9 Å². The summed E-state index contributed by atoms with van der Waals surface area (Å²) in [6, 6.07) is 17.1. The Balaban J connectivity index is 1.87. The second-order valence-electron chi connectivity index (χ2n) is 7.77. The maximum Gasteiger partial charge on any atom is 0.256 e. The van der Waals surface area contributed by atoms with Gasteiger partial charge in [-0.2, -0.15) is 0 Å². The van der Waals surface area contributed by atoms with Crippen LogP contribution in [0, 0.1) is 0 Å². The Morgan fingerprint density at radius 2 is 1.58 bits per heavy atom. The molecule has 0 radical (unpaired) electrons. The Morgan fingerprint density at radius 3 is 2.17 bits per heavy atom. The first kappa shape index (κ1) is 16.9. The van der Waals surface area contributed by atoms with Gasteiger partial charge in [-0.05, 0) is 35.1 Å². The van der Waals surface area contributed by atoms with Gasteiger partial charge in [0.15, 0.2) is 0 Å². The number of hydrogen-bond acceptors (Lipinski definition) is 1. The van der Waals surface area contributed by atoms with Gasteiger partial charge < -0.3 is 5.32 Å². The third kappa shape index (κ3) is 3.45. The average Bonchev–Trinajstić information content (AvgIpc) is 2.82. The Bertz CT molecular complexity index is 671. The van der Waals surface area contributed by atoms with Gasteiger partial charge in [-0.1, -0.05) is 63.2 Å².